The van der Waals surface area contributed by atoms with Crippen molar-refractivity contribution in [3.05, 3.63) is 52.4 Å². The summed E-state index contributed by atoms with van der Waals surface area (Å²) < 4.78 is 33.5. The van der Waals surface area contributed by atoms with Crippen molar-refractivity contribution in [1.82, 2.24) is 9.29 Å². The van der Waals surface area contributed by atoms with Gasteiger partial charge in [0.25, 0.3) is 0 Å². The second kappa shape index (κ2) is 9.77. The minimum atomic E-state index is -3.64. The molecular weight excluding hydrogens is 484 g/mol. The predicted molar refractivity (Wildman–Crippen MR) is 139 cm³/mol. The van der Waals surface area contributed by atoms with Crippen LogP contribution in [0.5, 0.6) is 0 Å². The van der Waals surface area contributed by atoms with E-state index in [0.717, 1.165) is 30.1 Å². The molecule has 0 atom stereocenters. The van der Waals surface area contributed by atoms with Gasteiger partial charge in [0.15, 0.2) is 0 Å². The molecule has 0 aliphatic rings. The molecule has 4 rings (SSSR count). The monoisotopic (exact) mass is 510 g/mol. The van der Waals surface area contributed by atoms with Gasteiger partial charge in [-0.15, -0.1) is 11.3 Å². The van der Waals surface area contributed by atoms with Crippen LogP contribution in [0.2, 0.25) is 0 Å². The highest BCUT2D eigenvalue weighted by Crippen LogP contribution is 2.35. The molecule has 2 heterocycles. The molecule has 0 aliphatic carbocycles. The third-order valence-electron chi connectivity index (χ3n) is 6.05. The summed E-state index contributed by atoms with van der Waals surface area (Å²) in [6.07, 6.45) is 0. The third-order valence-corrected chi connectivity index (χ3v) is 9.13. The van der Waals surface area contributed by atoms with E-state index in [9.17, 15) is 18.5 Å². The summed E-state index contributed by atoms with van der Waals surface area (Å²) in [5.74, 6) is 0. The van der Waals surface area contributed by atoms with Crippen molar-refractivity contribution in [2.24, 2.45) is 0 Å². The Bertz CT molecular complexity index is 1610. The van der Waals surface area contributed by atoms with Gasteiger partial charge in [0.05, 0.1) is 20.7 Å². The second-order valence-electron chi connectivity index (χ2n) is 7.84. The molecule has 0 radical (unpaired) electrons. The summed E-state index contributed by atoms with van der Waals surface area (Å²) >= 11 is 1.16. The number of benzene rings is 2. The zero-order valence-electron chi connectivity index (χ0n) is 20.0. The average molecular weight is 511 g/mol. The van der Waals surface area contributed by atoms with Crippen molar-refractivity contribution >= 4 is 48.2 Å². The minimum Gasteiger partial charge on any atom is -0.422 e. The third kappa shape index (κ3) is 4.31. The summed E-state index contributed by atoms with van der Waals surface area (Å²) in [6, 6.07) is 12.3. The molecule has 0 saturated carbocycles. The van der Waals surface area contributed by atoms with Crippen molar-refractivity contribution in [3.63, 3.8) is 0 Å². The molecule has 0 unspecified atom stereocenters. The molecule has 4 aromatic rings. The molecule has 0 bridgehead atoms. The molecule has 0 N–H and O–H groups in total. The van der Waals surface area contributed by atoms with Crippen LogP contribution in [-0.4, -0.2) is 43.9 Å². The number of hydrogen-bond acceptors (Lipinski definition) is 8. The van der Waals surface area contributed by atoms with Crippen LogP contribution < -0.4 is 10.5 Å². The number of sulfonamides is 1. The molecule has 0 amide bonds. The first-order valence-corrected chi connectivity index (χ1v) is 13.7. The van der Waals surface area contributed by atoms with Crippen LogP contribution in [0.1, 0.15) is 33.3 Å². The number of thiazole rings is 1. The van der Waals surface area contributed by atoms with Gasteiger partial charge >= 0.3 is 5.63 Å². The highest BCUT2D eigenvalue weighted by atomic mass is 32.2. The number of nitrogens with zero attached hydrogens (tertiary/aromatic N) is 4. The van der Waals surface area contributed by atoms with E-state index in [2.05, 4.69) is 16.0 Å². The van der Waals surface area contributed by atoms with Gasteiger partial charge in [0.1, 0.15) is 22.2 Å². The molecule has 8 nitrogen and oxygen atoms in total. The lowest BCUT2D eigenvalue weighted by molar-refractivity contribution is 0.445. The summed E-state index contributed by atoms with van der Waals surface area (Å²) in [5, 5.41) is 10.8. The maximum atomic E-state index is 13.0. The highest BCUT2D eigenvalue weighted by molar-refractivity contribution is 7.89. The summed E-state index contributed by atoms with van der Waals surface area (Å²) in [7, 11) is -3.64. The predicted octanol–water partition coefficient (Wildman–Crippen LogP) is 4.82. The standard InChI is InChI=1S/C25H26N4O4S2/c1-5-28(6-2)16-9-11-18-19(15-26)23(25(30)33-21(18)13-16)24-27-20-12-10-17(14-22(20)34-24)35(31,32)29(7-3)8-4/h9-14H,5-8H2,1-4H3. The maximum absolute atomic E-state index is 13.0. The van der Waals surface area contributed by atoms with Gasteiger partial charge in [-0.1, -0.05) is 13.8 Å². The lowest BCUT2D eigenvalue weighted by Gasteiger charge is -2.21. The first kappa shape index (κ1) is 24.9. The fourth-order valence-electron chi connectivity index (χ4n) is 4.17. The molecule has 35 heavy (non-hydrogen) atoms. The molecular formula is C25H26N4O4S2. The largest absolute Gasteiger partial charge is 0.422 e. The Labute approximate surface area is 208 Å². The second-order valence-corrected chi connectivity index (χ2v) is 10.8. The van der Waals surface area contributed by atoms with E-state index in [0.29, 0.717) is 39.3 Å². The Morgan fingerprint density at radius 3 is 2.37 bits per heavy atom. The molecule has 2 aromatic carbocycles. The number of fused-ring (bicyclic) bond motifs is 2. The van der Waals surface area contributed by atoms with Gasteiger partial charge in [0, 0.05) is 43.3 Å². The van der Waals surface area contributed by atoms with Crippen LogP contribution >= 0.6 is 11.3 Å². The number of anilines is 1. The molecule has 10 heteroatoms. The number of aromatic nitrogens is 1. The van der Waals surface area contributed by atoms with E-state index in [1.54, 1.807) is 38.1 Å². The van der Waals surface area contributed by atoms with Crippen LogP contribution in [0.4, 0.5) is 5.69 Å². The summed E-state index contributed by atoms with van der Waals surface area (Å²) in [4.78, 5) is 19.9. The van der Waals surface area contributed by atoms with Gasteiger partial charge in [-0.25, -0.2) is 18.2 Å². The van der Waals surface area contributed by atoms with Crippen LogP contribution in [0.15, 0.2) is 50.5 Å². The average Bonchev–Trinajstić information content (AvgIpc) is 3.27. The lowest BCUT2D eigenvalue weighted by atomic mass is 10.1. The number of hydrogen-bond donors (Lipinski definition) is 0. The fraction of sp³-hybridized carbons (Fsp3) is 0.320. The van der Waals surface area contributed by atoms with E-state index >= 15 is 0 Å². The number of rotatable bonds is 8. The van der Waals surface area contributed by atoms with Crippen LogP contribution in [0, 0.1) is 11.3 Å². The Hall–Kier alpha value is -3.26. The van der Waals surface area contributed by atoms with Gasteiger partial charge in [-0.3, -0.25) is 0 Å². The molecule has 0 fully saturated rings. The Morgan fingerprint density at radius 2 is 1.74 bits per heavy atom. The Balaban J connectivity index is 1.87. The van der Waals surface area contributed by atoms with E-state index in [4.69, 9.17) is 4.42 Å². The van der Waals surface area contributed by atoms with Crippen molar-refractivity contribution < 1.29 is 12.8 Å². The highest BCUT2D eigenvalue weighted by Gasteiger charge is 2.24. The molecule has 0 saturated heterocycles. The quantitative estimate of drug-likeness (QED) is 0.313. The van der Waals surface area contributed by atoms with E-state index in [-0.39, 0.29) is 16.0 Å². The maximum Gasteiger partial charge on any atom is 0.348 e. The first-order chi connectivity index (χ1) is 16.8. The fourth-order valence-corrected chi connectivity index (χ4v) is 6.77. The van der Waals surface area contributed by atoms with E-state index in [1.165, 1.54) is 10.4 Å². The van der Waals surface area contributed by atoms with Crippen molar-refractivity contribution in [2.45, 2.75) is 32.6 Å². The molecule has 0 aliphatic heterocycles. The smallest absolute Gasteiger partial charge is 0.348 e. The topological polar surface area (TPSA) is 108 Å². The minimum absolute atomic E-state index is 0.0879. The Kier molecular flexibility index (Phi) is 6.94. The number of nitriles is 1. The molecule has 182 valence electrons. The van der Waals surface area contributed by atoms with Crippen LogP contribution in [0.3, 0.4) is 0 Å². The normalized spacial score (nSPS) is 11.9. The van der Waals surface area contributed by atoms with Gasteiger partial charge in [-0.05, 0) is 44.2 Å². The molecule has 2 aromatic heterocycles. The van der Waals surface area contributed by atoms with E-state index in [1.807, 2.05) is 19.9 Å². The van der Waals surface area contributed by atoms with E-state index < -0.39 is 15.6 Å². The summed E-state index contributed by atoms with van der Waals surface area (Å²) in [5.41, 5.74) is 1.42. The van der Waals surface area contributed by atoms with Crippen molar-refractivity contribution in [1.29, 1.82) is 5.26 Å². The van der Waals surface area contributed by atoms with Crippen LogP contribution in [0.25, 0.3) is 31.8 Å². The van der Waals surface area contributed by atoms with Gasteiger partial charge in [-0.2, -0.15) is 9.57 Å². The first-order valence-electron chi connectivity index (χ1n) is 11.5. The lowest BCUT2D eigenvalue weighted by Crippen LogP contribution is -2.30. The zero-order valence-corrected chi connectivity index (χ0v) is 21.7. The van der Waals surface area contributed by atoms with Crippen LogP contribution in [-0.2, 0) is 10.0 Å². The zero-order chi connectivity index (χ0) is 25.3. The van der Waals surface area contributed by atoms with Crippen molar-refractivity contribution in [3.8, 4) is 16.6 Å². The van der Waals surface area contributed by atoms with Gasteiger partial charge < -0.3 is 9.32 Å². The molecule has 0 spiro atoms. The van der Waals surface area contributed by atoms with Gasteiger partial charge in [0.2, 0.25) is 10.0 Å². The SMILES string of the molecule is CCN(CC)c1ccc2c(C#N)c(-c3nc4ccc(S(=O)(=O)N(CC)CC)cc4s3)c(=O)oc2c1. The Morgan fingerprint density at radius 1 is 1.03 bits per heavy atom. The summed E-state index contributed by atoms with van der Waals surface area (Å²) in [6.45, 7) is 9.99. The van der Waals surface area contributed by atoms with Crippen molar-refractivity contribution in [2.75, 3.05) is 31.1 Å².